The fraction of sp³-hybridized carbons (Fsp3) is 0.688. The molecule has 5 unspecified atom stereocenters. The highest BCUT2D eigenvalue weighted by molar-refractivity contribution is 9.09. The van der Waals surface area contributed by atoms with Gasteiger partial charge in [-0.25, -0.2) is 0 Å². The quantitative estimate of drug-likeness (QED) is 0.288. The minimum Gasteiger partial charge on any atom is -0.463 e. The number of allylic oxidation sites excluding steroid dienone is 1. The molecule has 1 aliphatic rings. The molecule has 0 saturated carbocycles. The van der Waals surface area contributed by atoms with E-state index in [2.05, 4.69) is 22.5 Å². The average Bonchev–Trinajstić information content (AvgIpc) is 2.42. The van der Waals surface area contributed by atoms with Crippen LogP contribution in [0, 0.1) is 5.92 Å². The Morgan fingerprint density at radius 2 is 1.54 bits per heavy atom. The largest absolute Gasteiger partial charge is 0.463 e. The summed E-state index contributed by atoms with van der Waals surface area (Å²) >= 11 is 3.30. The van der Waals surface area contributed by atoms with Gasteiger partial charge in [0.25, 0.3) is 0 Å². The average molecular weight is 407 g/mol. The van der Waals surface area contributed by atoms with Crippen LogP contribution in [0.4, 0.5) is 0 Å². The van der Waals surface area contributed by atoms with Gasteiger partial charge in [-0.3, -0.25) is 14.4 Å². The number of hydrogen-bond donors (Lipinski definition) is 0. The first-order valence-electron chi connectivity index (χ1n) is 7.53. The van der Waals surface area contributed by atoms with E-state index in [1.54, 1.807) is 0 Å². The summed E-state index contributed by atoms with van der Waals surface area (Å²) in [5.41, 5.74) is 0.836. The van der Waals surface area contributed by atoms with Crippen molar-refractivity contribution < 1.29 is 33.3 Å². The molecule has 1 heterocycles. The van der Waals surface area contributed by atoms with Crippen LogP contribution in [-0.2, 0) is 33.3 Å². The molecule has 7 nitrogen and oxygen atoms in total. The second-order valence-electron chi connectivity index (χ2n) is 5.80. The summed E-state index contributed by atoms with van der Waals surface area (Å²) in [7, 11) is 0. The summed E-state index contributed by atoms with van der Waals surface area (Å²) in [6.07, 6.45) is -1.64. The Labute approximate surface area is 149 Å². The van der Waals surface area contributed by atoms with Crippen LogP contribution >= 0.6 is 15.9 Å². The molecule has 0 aromatic rings. The molecule has 0 spiro atoms. The van der Waals surface area contributed by atoms with Crippen LogP contribution in [0.1, 0.15) is 34.1 Å². The Bertz CT molecular complexity index is 505. The van der Waals surface area contributed by atoms with Gasteiger partial charge in [-0.05, 0) is 13.3 Å². The molecule has 1 fully saturated rings. The standard InChI is InChI=1S/C16H23BrO7/c1-8(2)6-12-13(7-21-9(3)18)24-16(17)15(23-11(5)20)14(12)22-10(4)19/h12-16H,1,6-7H2,2-5H3. The summed E-state index contributed by atoms with van der Waals surface area (Å²) in [6.45, 7) is 9.55. The number of carbonyl (C=O) groups is 3. The van der Waals surface area contributed by atoms with Crippen molar-refractivity contribution in [3.8, 4) is 0 Å². The van der Waals surface area contributed by atoms with Gasteiger partial charge in [0, 0.05) is 26.7 Å². The predicted octanol–water partition coefficient (Wildman–Crippen LogP) is 2.12. The highest BCUT2D eigenvalue weighted by Crippen LogP contribution is 2.36. The summed E-state index contributed by atoms with van der Waals surface area (Å²) in [5.74, 6) is -1.83. The molecule has 0 aliphatic carbocycles. The molecule has 1 saturated heterocycles. The maximum absolute atomic E-state index is 11.5. The molecular formula is C16H23BrO7. The molecule has 0 N–H and O–H groups in total. The van der Waals surface area contributed by atoms with E-state index in [1.165, 1.54) is 20.8 Å². The zero-order chi connectivity index (χ0) is 18.4. The van der Waals surface area contributed by atoms with Gasteiger partial charge >= 0.3 is 17.9 Å². The number of rotatable bonds is 6. The highest BCUT2D eigenvalue weighted by Gasteiger charge is 2.49. The zero-order valence-electron chi connectivity index (χ0n) is 14.2. The minimum atomic E-state index is -0.815. The van der Waals surface area contributed by atoms with Gasteiger partial charge < -0.3 is 18.9 Å². The SMILES string of the molecule is C=C(C)CC1C(COC(C)=O)OC(Br)C(OC(C)=O)C1OC(C)=O. The Morgan fingerprint density at radius 3 is 2.00 bits per heavy atom. The van der Waals surface area contributed by atoms with Crippen molar-refractivity contribution in [3.63, 3.8) is 0 Å². The summed E-state index contributed by atoms with van der Waals surface area (Å²) in [6, 6.07) is 0. The van der Waals surface area contributed by atoms with Crippen molar-refractivity contribution in [3.05, 3.63) is 12.2 Å². The lowest BCUT2D eigenvalue weighted by Gasteiger charge is -2.43. The third-order valence-corrected chi connectivity index (χ3v) is 4.16. The highest BCUT2D eigenvalue weighted by atomic mass is 79.9. The zero-order valence-corrected chi connectivity index (χ0v) is 15.8. The van der Waals surface area contributed by atoms with Crippen LogP contribution in [-0.4, -0.2) is 47.8 Å². The number of halogens is 1. The van der Waals surface area contributed by atoms with E-state index >= 15 is 0 Å². The second kappa shape index (κ2) is 9.17. The predicted molar refractivity (Wildman–Crippen MR) is 88.3 cm³/mol. The van der Waals surface area contributed by atoms with Crippen LogP contribution in [0.2, 0.25) is 0 Å². The van der Waals surface area contributed by atoms with E-state index in [9.17, 15) is 14.4 Å². The van der Waals surface area contributed by atoms with E-state index in [1.807, 2.05) is 6.92 Å². The molecule has 8 heteroatoms. The van der Waals surface area contributed by atoms with Gasteiger partial charge in [-0.1, -0.05) is 21.5 Å². The molecule has 0 aromatic heterocycles. The van der Waals surface area contributed by atoms with Gasteiger partial charge in [0.05, 0.1) is 0 Å². The first kappa shape index (κ1) is 20.6. The van der Waals surface area contributed by atoms with E-state index in [0.717, 1.165) is 5.57 Å². The molecule has 24 heavy (non-hydrogen) atoms. The maximum Gasteiger partial charge on any atom is 0.303 e. The number of hydrogen-bond acceptors (Lipinski definition) is 7. The number of esters is 3. The molecule has 0 bridgehead atoms. The molecular weight excluding hydrogens is 384 g/mol. The Morgan fingerprint density at radius 1 is 1.00 bits per heavy atom. The van der Waals surface area contributed by atoms with Gasteiger partial charge in [0.2, 0.25) is 0 Å². The van der Waals surface area contributed by atoms with Gasteiger partial charge in [-0.2, -0.15) is 0 Å². The fourth-order valence-electron chi connectivity index (χ4n) is 2.62. The normalized spacial score (nSPS) is 29.5. The molecule has 0 amide bonds. The van der Waals surface area contributed by atoms with Crippen LogP contribution < -0.4 is 0 Å². The van der Waals surface area contributed by atoms with Crippen LogP contribution in [0.15, 0.2) is 12.2 Å². The Balaban J connectivity index is 3.11. The molecule has 1 rings (SSSR count). The first-order valence-corrected chi connectivity index (χ1v) is 8.45. The lowest BCUT2D eigenvalue weighted by Crippen LogP contribution is -2.56. The second-order valence-corrected chi connectivity index (χ2v) is 6.70. The maximum atomic E-state index is 11.5. The lowest BCUT2D eigenvalue weighted by molar-refractivity contribution is -0.214. The van der Waals surface area contributed by atoms with Gasteiger partial charge in [0.15, 0.2) is 11.1 Å². The van der Waals surface area contributed by atoms with Crippen LogP contribution in [0.25, 0.3) is 0 Å². The van der Waals surface area contributed by atoms with Gasteiger partial charge in [-0.15, -0.1) is 6.58 Å². The van der Waals surface area contributed by atoms with Crippen molar-refractivity contribution in [2.45, 2.75) is 57.4 Å². The summed E-state index contributed by atoms with van der Waals surface area (Å²) in [5, 5.41) is -0.701. The van der Waals surface area contributed by atoms with Crippen molar-refractivity contribution in [1.82, 2.24) is 0 Å². The van der Waals surface area contributed by atoms with Crippen molar-refractivity contribution in [2.75, 3.05) is 6.61 Å². The Hall–Kier alpha value is -1.41. The molecule has 0 radical (unpaired) electrons. The molecule has 1 aliphatic heterocycles. The third-order valence-electron chi connectivity index (χ3n) is 3.43. The van der Waals surface area contributed by atoms with E-state index < -0.39 is 41.2 Å². The minimum absolute atomic E-state index is 0.0000633. The van der Waals surface area contributed by atoms with Crippen molar-refractivity contribution in [2.24, 2.45) is 5.92 Å². The van der Waals surface area contributed by atoms with Crippen LogP contribution in [0.5, 0.6) is 0 Å². The monoisotopic (exact) mass is 406 g/mol. The number of carbonyl (C=O) groups excluding carboxylic acids is 3. The van der Waals surface area contributed by atoms with Gasteiger partial charge in [0.1, 0.15) is 18.8 Å². The molecule has 5 atom stereocenters. The number of ether oxygens (including phenoxy) is 4. The van der Waals surface area contributed by atoms with E-state index in [4.69, 9.17) is 18.9 Å². The summed E-state index contributed by atoms with van der Waals surface area (Å²) < 4.78 is 21.5. The molecule has 0 aromatic carbocycles. The van der Waals surface area contributed by atoms with Crippen molar-refractivity contribution in [1.29, 1.82) is 0 Å². The van der Waals surface area contributed by atoms with E-state index in [-0.39, 0.29) is 12.5 Å². The first-order chi connectivity index (χ1) is 11.1. The van der Waals surface area contributed by atoms with E-state index in [0.29, 0.717) is 6.42 Å². The lowest BCUT2D eigenvalue weighted by atomic mass is 9.85. The van der Waals surface area contributed by atoms with Crippen molar-refractivity contribution >= 4 is 33.8 Å². The molecule has 136 valence electrons. The fourth-order valence-corrected chi connectivity index (χ4v) is 3.31. The smallest absolute Gasteiger partial charge is 0.303 e. The van der Waals surface area contributed by atoms with Crippen LogP contribution in [0.3, 0.4) is 0 Å². The number of alkyl halides is 1. The third kappa shape index (κ3) is 6.24. The topological polar surface area (TPSA) is 88.1 Å². The summed E-state index contributed by atoms with van der Waals surface area (Å²) in [4.78, 5) is 34.0. The Kier molecular flexibility index (Phi) is 7.89.